The van der Waals surface area contributed by atoms with Crippen LogP contribution in [0.1, 0.15) is 5.56 Å². The number of aliphatic hydroxyl groups is 1. The molecule has 0 saturated heterocycles. The molecule has 0 aromatic heterocycles. The van der Waals surface area contributed by atoms with Crippen molar-refractivity contribution in [3.8, 4) is 5.75 Å². The second kappa shape index (κ2) is 7.38. The van der Waals surface area contributed by atoms with Crippen molar-refractivity contribution in [1.29, 1.82) is 0 Å². The van der Waals surface area contributed by atoms with Gasteiger partial charge in [-0.25, -0.2) is 4.79 Å². The molecular formula is C13H17NO5. The SMILES string of the molecule is COC(=O)[C@H](Cc1cccc(OC)c1)NC(=O)CO. The molecule has 0 spiro atoms. The van der Waals surface area contributed by atoms with Crippen LogP contribution >= 0.6 is 0 Å². The first-order valence-corrected chi connectivity index (χ1v) is 5.71. The van der Waals surface area contributed by atoms with Gasteiger partial charge in [-0.2, -0.15) is 0 Å². The van der Waals surface area contributed by atoms with E-state index < -0.39 is 24.5 Å². The smallest absolute Gasteiger partial charge is 0.328 e. The molecule has 6 heteroatoms. The fourth-order valence-corrected chi connectivity index (χ4v) is 1.61. The normalized spacial score (nSPS) is 11.5. The highest BCUT2D eigenvalue weighted by Gasteiger charge is 2.21. The third kappa shape index (κ3) is 4.59. The maximum atomic E-state index is 11.6. The van der Waals surface area contributed by atoms with Gasteiger partial charge in [-0.05, 0) is 17.7 Å². The molecule has 0 aliphatic rings. The Kier molecular flexibility index (Phi) is 5.81. The monoisotopic (exact) mass is 267 g/mol. The lowest BCUT2D eigenvalue weighted by molar-refractivity contribution is -0.145. The molecule has 0 unspecified atom stereocenters. The van der Waals surface area contributed by atoms with Crippen LogP contribution in [0.2, 0.25) is 0 Å². The van der Waals surface area contributed by atoms with E-state index >= 15 is 0 Å². The molecule has 2 N–H and O–H groups in total. The molecule has 0 bridgehead atoms. The summed E-state index contributed by atoms with van der Waals surface area (Å²) in [5.74, 6) is -0.530. The van der Waals surface area contributed by atoms with Crippen LogP contribution in [0, 0.1) is 0 Å². The van der Waals surface area contributed by atoms with E-state index in [1.807, 2.05) is 6.07 Å². The van der Waals surface area contributed by atoms with Crippen molar-refractivity contribution >= 4 is 11.9 Å². The van der Waals surface area contributed by atoms with E-state index in [0.29, 0.717) is 5.75 Å². The Labute approximate surface area is 111 Å². The van der Waals surface area contributed by atoms with Crippen molar-refractivity contribution in [2.75, 3.05) is 20.8 Å². The van der Waals surface area contributed by atoms with Crippen LogP contribution in [0.4, 0.5) is 0 Å². The zero-order valence-corrected chi connectivity index (χ0v) is 10.9. The van der Waals surface area contributed by atoms with Gasteiger partial charge < -0.3 is 19.9 Å². The zero-order chi connectivity index (χ0) is 14.3. The number of carbonyl (C=O) groups is 2. The first kappa shape index (κ1) is 15.0. The maximum Gasteiger partial charge on any atom is 0.328 e. The molecule has 1 rings (SSSR count). The van der Waals surface area contributed by atoms with Gasteiger partial charge >= 0.3 is 5.97 Å². The maximum absolute atomic E-state index is 11.6. The van der Waals surface area contributed by atoms with Gasteiger partial charge in [0.05, 0.1) is 14.2 Å². The Morgan fingerprint density at radius 3 is 2.68 bits per heavy atom. The highest BCUT2D eigenvalue weighted by molar-refractivity contribution is 5.85. The Balaban J connectivity index is 2.80. The van der Waals surface area contributed by atoms with Gasteiger partial charge in [-0.3, -0.25) is 4.79 Å². The lowest BCUT2D eigenvalue weighted by atomic mass is 10.1. The van der Waals surface area contributed by atoms with E-state index in [4.69, 9.17) is 9.84 Å². The highest BCUT2D eigenvalue weighted by Crippen LogP contribution is 2.14. The summed E-state index contributed by atoms with van der Waals surface area (Å²) in [6.45, 7) is -0.675. The average Bonchev–Trinajstić information content (AvgIpc) is 2.45. The van der Waals surface area contributed by atoms with Crippen molar-refractivity contribution in [3.05, 3.63) is 29.8 Å². The number of amides is 1. The molecular weight excluding hydrogens is 250 g/mol. The van der Waals surface area contributed by atoms with E-state index in [1.165, 1.54) is 7.11 Å². The van der Waals surface area contributed by atoms with E-state index in [1.54, 1.807) is 25.3 Å². The van der Waals surface area contributed by atoms with Crippen LogP contribution in [0.3, 0.4) is 0 Å². The van der Waals surface area contributed by atoms with Gasteiger partial charge in [0.2, 0.25) is 5.91 Å². The third-order valence-electron chi connectivity index (χ3n) is 2.54. The minimum Gasteiger partial charge on any atom is -0.497 e. The Morgan fingerprint density at radius 2 is 2.11 bits per heavy atom. The van der Waals surface area contributed by atoms with Crippen LogP contribution in [0.5, 0.6) is 5.75 Å². The summed E-state index contributed by atoms with van der Waals surface area (Å²) in [5, 5.41) is 11.1. The van der Waals surface area contributed by atoms with Gasteiger partial charge in [-0.15, -0.1) is 0 Å². The van der Waals surface area contributed by atoms with Crippen LogP contribution < -0.4 is 10.1 Å². The third-order valence-corrected chi connectivity index (χ3v) is 2.54. The number of esters is 1. The van der Waals surface area contributed by atoms with Crippen LogP contribution in [0.15, 0.2) is 24.3 Å². The van der Waals surface area contributed by atoms with E-state index in [2.05, 4.69) is 10.1 Å². The molecule has 0 aliphatic carbocycles. The molecule has 1 aromatic carbocycles. The first-order chi connectivity index (χ1) is 9.10. The van der Waals surface area contributed by atoms with E-state index in [0.717, 1.165) is 5.56 Å². The predicted octanol–water partition coefficient (Wildman–Crippen LogP) is -0.112. The van der Waals surface area contributed by atoms with Crippen molar-refractivity contribution in [2.45, 2.75) is 12.5 Å². The van der Waals surface area contributed by atoms with Gasteiger partial charge in [0.1, 0.15) is 18.4 Å². The standard InChI is InChI=1S/C13H17NO5/c1-18-10-5-3-4-9(6-10)7-11(13(17)19-2)14-12(16)8-15/h3-6,11,15H,7-8H2,1-2H3,(H,14,16)/t11-/m0/s1. The zero-order valence-electron chi connectivity index (χ0n) is 10.9. The summed E-state index contributed by atoms with van der Waals surface area (Å²) in [4.78, 5) is 22.7. The van der Waals surface area contributed by atoms with Gasteiger partial charge in [0.25, 0.3) is 0 Å². The molecule has 0 heterocycles. The summed E-state index contributed by atoms with van der Waals surface area (Å²) >= 11 is 0. The molecule has 19 heavy (non-hydrogen) atoms. The topological polar surface area (TPSA) is 84.9 Å². The number of ether oxygens (including phenoxy) is 2. The van der Waals surface area contributed by atoms with Crippen molar-refractivity contribution in [3.63, 3.8) is 0 Å². The van der Waals surface area contributed by atoms with Crippen molar-refractivity contribution < 1.29 is 24.2 Å². The molecule has 104 valence electrons. The summed E-state index contributed by atoms with van der Waals surface area (Å²) in [6, 6.07) is 6.31. The fraction of sp³-hybridized carbons (Fsp3) is 0.385. The summed E-state index contributed by atoms with van der Waals surface area (Å²) < 4.78 is 9.70. The van der Waals surface area contributed by atoms with Crippen molar-refractivity contribution in [2.24, 2.45) is 0 Å². The number of benzene rings is 1. The molecule has 0 fully saturated rings. The predicted molar refractivity (Wildman–Crippen MR) is 67.7 cm³/mol. The number of hydrogen-bond donors (Lipinski definition) is 2. The number of aliphatic hydroxyl groups excluding tert-OH is 1. The van der Waals surface area contributed by atoms with Gasteiger partial charge in [0.15, 0.2) is 0 Å². The van der Waals surface area contributed by atoms with Gasteiger partial charge in [-0.1, -0.05) is 12.1 Å². The number of carbonyl (C=O) groups excluding carboxylic acids is 2. The Hall–Kier alpha value is -2.08. The Morgan fingerprint density at radius 1 is 1.37 bits per heavy atom. The fourth-order valence-electron chi connectivity index (χ4n) is 1.61. The van der Waals surface area contributed by atoms with Crippen LogP contribution in [-0.2, 0) is 20.7 Å². The molecule has 1 atom stereocenters. The summed E-state index contributed by atoms with van der Waals surface area (Å²) in [7, 11) is 2.79. The average molecular weight is 267 g/mol. The number of hydrogen-bond acceptors (Lipinski definition) is 5. The molecule has 6 nitrogen and oxygen atoms in total. The number of methoxy groups -OCH3 is 2. The molecule has 1 amide bonds. The minimum atomic E-state index is -0.836. The number of nitrogens with one attached hydrogen (secondary N) is 1. The second-order valence-corrected chi connectivity index (χ2v) is 3.86. The van der Waals surface area contributed by atoms with Crippen LogP contribution in [-0.4, -0.2) is 43.9 Å². The summed E-state index contributed by atoms with van der Waals surface area (Å²) in [5.41, 5.74) is 0.813. The van der Waals surface area contributed by atoms with Gasteiger partial charge in [0, 0.05) is 6.42 Å². The molecule has 1 aromatic rings. The minimum absolute atomic E-state index is 0.260. The lowest BCUT2D eigenvalue weighted by Crippen LogP contribution is -2.44. The largest absolute Gasteiger partial charge is 0.497 e. The number of rotatable bonds is 6. The highest BCUT2D eigenvalue weighted by atomic mass is 16.5. The van der Waals surface area contributed by atoms with Crippen LogP contribution in [0.25, 0.3) is 0 Å². The van der Waals surface area contributed by atoms with E-state index in [-0.39, 0.29) is 6.42 Å². The molecule has 0 aliphatic heterocycles. The molecule has 0 saturated carbocycles. The second-order valence-electron chi connectivity index (χ2n) is 3.86. The lowest BCUT2D eigenvalue weighted by Gasteiger charge is -2.16. The quantitative estimate of drug-likeness (QED) is 0.702. The first-order valence-electron chi connectivity index (χ1n) is 5.71. The Bertz CT molecular complexity index is 446. The van der Waals surface area contributed by atoms with Crippen molar-refractivity contribution in [1.82, 2.24) is 5.32 Å². The summed E-state index contributed by atoms with van der Waals surface area (Å²) in [6.07, 6.45) is 0.260. The van der Waals surface area contributed by atoms with E-state index in [9.17, 15) is 9.59 Å². The molecule has 0 radical (unpaired) electrons.